The zero-order valence-corrected chi connectivity index (χ0v) is 9.95. The maximum atomic E-state index is 9.39. The van der Waals surface area contributed by atoms with Crippen LogP contribution in [0.2, 0.25) is 5.02 Å². The van der Waals surface area contributed by atoms with Gasteiger partial charge in [-0.3, -0.25) is 0 Å². The van der Waals surface area contributed by atoms with E-state index in [0.717, 1.165) is 36.8 Å². The topological polar surface area (TPSA) is 35.5 Å². The molecule has 16 heavy (non-hydrogen) atoms. The number of halogens is 1. The van der Waals surface area contributed by atoms with Crippen LogP contribution in [0, 0.1) is 0 Å². The highest BCUT2D eigenvalue weighted by Crippen LogP contribution is 2.21. The summed E-state index contributed by atoms with van der Waals surface area (Å²) in [5.41, 5.74) is 1.13. The van der Waals surface area contributed by atoms with E-state index in [-0.39, 0.29) is 12.6 Å². The molecule has 2 N–H and O–H groups in total. The lowest BCUT2D eigenvalue weighted by molar-refractivity contribution is 0.260. The smallest absolute Gasteiger partial charge is 0.0647 e. The SMILES string of the molecule is OCC1CNCCCN1c1ccc(Cl)cc1. The van der Waals surface area contributed by atoms with Crippen molar-refractivity contribution in [2.75, 3.05) is 31.1 Å². The minimum Gasteiger partial charge on any atom is -0.394 e. The van der Waals surface area contributed by atoms with Crippen molar-refractivity contribution in [3.63, 3.8) is 0 Å². The minimum absolute atomic E-state index is 0.156. The van der Waals surface area contributed by atoms with Crippen molar-refractivity contribution in [3.8, 4) is 0 Å². The summed E-state index contributed by atoms with van der Waals surface area (Å²) in [6.45, 7) is 3.00. The molecule has 0 aliphatic carbocycles. The monoisotopic (exact) mass is 240 g/mol. The number of aliphatic hydroxyl groups is 1. The maximum Gasteiger partial charge on any atom is 0.0647 e. The second-order valence-electron chi connectivity index (χ2n) is 4.06. The van der Waals surface area contributed by atoms with Crippen molar-refractivity contribution < 1.29 is 5.11 Å². The van der Waals surface area contributed by atoms with Gasteiger partial charge in [-0.2, -0.15) is 0 Å². The summed E-state index contributed by atoms with van der Waals surface area (Å²) in [4.78, 5) is 2.25. The van der Waals surface area contributed by atoms with Crippen molar-refractivity contribution in [2.45, 2.75) is 12.5 Å². The highest BCUT2D eigenvalue weighted by atomic mass is 35.5. The molecule has 3 nitrogen and oxygen atoms in total. The van der Waals surface area contributed by atoms with Crippen LogP contribution in [0.25, 0.3) is 0 Å². The maximum absolute atomic E-state index is 9.39. The highest BCUT2D eigenvalue weighted by molar-refractivity contribution is 6.30. The van der Waals surface area contributed by atoms with Crippen molar-refractivity contribution in [3.05, 3.63) is 29.3 Å². The molecular weight excluding hydrogens is 224 g/mol. The average molecular weight is 241 g/mol. The molecule has 0 bridgehead atoms. The highest BCUT2D eigenvalue weighted by Gasteiger charge is 2.19. The van der Waals surface area contributed by atoms with Gasteiger partial charge in [0.2, 0.25) is 0 Å². The average Bonchev–Trinajstić information content (AvgIpc) is 2.55. The van der Waals surface area contributed by atoms with Crippen LogP contribution < -0.4 is 10.2 Å². The van der Waals surface area contributed by atoms with Crippen LogP contribution in [-0.4, -0.2) is 37.4 Å². The van der Waals surface area contributed by atoms with Crippen molar-refractivity contribution >= 4 is 17.3 Å². The molecular formula is C12H17ClN2O. The van der Waals surface area contributed by atoms with Gasteiger partial charge in [0.25, 0.3) is 0 Å². The second-order valence-corrected chi connectivity index (χ2v) is 4.50. The summed E-state index contributed by atoms with van der Waals surface area (Å²) in [6, 6.07) is 7.96. The number of nitrogens with zero attached hydrogens (tertiary/aromatic N) is 1. The number of rotatable bonds is 2. The van der Waals surface area contributed by atoms with Crippen molar-refractivity contribution in [2.24, 2.45) is 0 Å². The van der Waals surface area contributed by atoms with Crippen LogP contribution in [0.3, 0.4) is 0 Å². The Morgan fingerprint density at radius 3 is 2.81 bits per heavy atom. The third kappa shape index (κ3) is 2.67. The van der Waals surface area contributed by atoms with Gasteiger partial charge in [-0.05, 0) is 37.2 Å². The van der Waals surface area contributed by atoms with Gasteiger partial charge in [-0.25, -0.2) is 0 Å². The molecule has 4 heteroatoms. The molecule has 1 heterocycles. The Kier molecular flexibility index (Phi) is 4.04. The molecule has 0 aromatic heterocycles. The lowest BCUT2D eigenvalue weighted by Crippen LogP contribution is -2.42. The van der Waals surface area contributed by atoms with E-state index in [4.69, 9.17) is 11.6 Å². The van der Waals surface area contributed by atoms with Crippen molar-refractivity contribution in [1.82, 2.24) is 5.32 Å². The Bertz CT molecular complexity index is 328. The lowest BCUT2D eigenvalue weighted by Gasteiger charge is -2.30. The van der Waals surface area contributed by atoms with E-state index in [2.05, 4.69) is 10.2 Å². The van der Waals surface area contributed by atoms with E-state index in [1.807, 2.05) is 24.3 Å². The molecule has 0 amide bonds. The summed E-state index contributed by atoms with van der Waals surface area (Å²) >= 11 is 5.87. The third-order valence-electron chi connectivity index (χ3n) is 2.94. The van der Waals surface area contributed by atoms with Gasteiger partial charge >= 0.3 is 0 Å². The first kappa shape index (κ1) is 11.7. The molecule has 1 aliphatic heterocycles. The van der Waals surface area contributed by atoms with Crippen LogP contribution in [-0.2, 0) is 0 Å². The molecule has 88 valence electrons. The predicted octanol–water partition coefficient (Wildman–Crippen LogP) is 1.50. The summed E-state index contributed by atoms with van der Waals surface area (Å²) < 4.78 is 0. The Balaban J connectivity index is 2.18. The van der Waals surface area contributed by atoms with Crippen LogP contribution >= 0.6 is 11.6 Å². The summed E-state index contributed by atoms with van der Waals surface area (Å²) in [6.07, 6.45) is 1.10. The molecule has 1 fully saturated rings. The Hall–Kier alpha value is -0.770. The van der Waals surface area contributed by atoms with E-state index >= 15 is 0 Å². The van der Waals surface area contributed by atoms with Gasteiger partial charge in [0.15, 0.2) is 0 Å². The quantitative estimate of drug-likeness (QED) is 0.823. The largest absolute Gasteiger partial charge is 0.394 e. The van der Waals surface area contributed by atoms with E-state index in [1.54, 1.807) is 0 Å². The first-order valence-corrected chi connectivity index (χ1v) is 6.03. The van der Waals surface area contributed by atoms with Crippen LogP contribution in [0.1, 0.15) is 6.42 Å². The summed E-state index contributed by atoms with van der Waals surface area (Å²) in [7, 11) is 0. The normalized spacial score (nSPS) is 21.9. The lowest BCUT2D eigenvalue weighted by atomic mass is 10.2. The Labute approximate surface area is 101 Å². The number of aliphatic hydroxyl groups excluding tert-OH is 1. The third-order valence-corrected chi connectivity index (χ3v) is 3.19. The fourth-order valence-corrected chi connectivity index (χ4v) is 2.20. The molecule has 0 radical (unpaired) electrons. The van der Waals surface area contributed by atoms with E-state index in [0.29, 0.717) is 0 Å². The van der Waals surface area contributed by atoms with Gasteiger partial charge in [-0.15, -0.1) is 0 Å². The van der Waals surface area contributed by atoms with E-state index < -0.39 is 0 Å². The van der Waals surface area contributed by atoms with Gasteiger partial charge in [0.1, 0.15) is 0 Å². The van der Waals surface area contributed by atoms with Crippen LogP contribution in [0.15, 0.2) is 24.3 Å². The molecule has 1 saturated heterocycles. The second kappa shape index (κ2) is 5.53. The predicted molar refractivity (Wildman–Crippen MR) is 67.2 cm³/mol. The fourth-order valence-electron chi connectivity index (χ4n) is 2.07. The van der Waals surface area contributed by atoms with Gasteiger partial charge in [0.05, 0.1) is 12.6 Å². The zero-order chi connectivity index (χ0) is 11.4. The molecule has 1 aliphatic rings. The van der Waals surface area contributed by atoms with E-state index in [1.165, 1.54) is 0 Å². The van der Waals surface area contributed by atoms with Gasteiger partial charge < -0.3 is 15.3 Å². The minimum atomic E-state index is 0.156. The molecule has 2 rings (SSSR count). The first-order valence-electron chi connectivity index (χ1n) is 5.65. The van der Waals surface area contributed by atoms with Crippen molar-refractivity contribution in [1.29, 1.82) is 0 Å². The fraction of sp³-hybridized carbons (Fsp3) is 0.500. The molecule has 1 unspecified atom stereocenters. The number of hydrogen-bond donors (Lipinski definition) is 2. The Morgan fingerprint density at radius 1 is 1.38 bits per heavy atom. The van der Waals surface area contributed by atoms with Crippen LogP contribution in [0.5, 0.6) is 0 Å². The summed E-state index contributed by atoms with van der Waals surface area (Å²) in [5.74, 6) is 0. The Morgan fingerprint density at radius 2 is 2.12 bits per heavy atom. The molecule has 0 spiro atoms. The number of nitrogens with one attached hydrogen (secondary N) is 1. The molecule has 1 aromatic carbocycles. The molecule has 0 saturated carbocycles. The van der Waals surface area contributed by atoms with Crippen LogP contribution in [0.4, 0.5) is 5.69 Å². The molecule has 1 aromatic rings. The number of benzene rings is 1. The van der Waals surface area contributed by atoms with Gasteiger partial charge in [0, 0.05) is 23.8 Å². The first-order chi connectivity index (χ1) is 7.81. The van der Waals surface area contributed by atoms with E-state index in [9.17, 15) is 5.11 Å². The standard InChI is InChI=1S/C12H17ClN2O/c13-10-2-4-11(5-3-10)15-7-1-6-14-8-12(15)9-16/h2-5,12,14,16H,1,6-9H2. The number of hydrogen-bond acceptors (Lipinski definition) is 3. The number of anilines is 1. The zero-order valence-electron chi connectivity index (χ0n) is 9.19. The molecule has 1 atom stereocenters. The van der Waals surface area contributed by atoms with Gasteiger partial charge in [-0.1, -0.05) is 11.6 Å². The summed E-state index contributed by atoms with van der Waals surface area (Å²) in [5, 5.41) is 13.5.